The molecule has 0 radical (unpaired) electrons. The van der Waals surface area contributed by atoms with E-state index in [0.29, 0.717) is 40.9 Å². The highest BCUT2D eigenvalue weighted by Crippen LogP contribution is 2.40. The predicted octanol–water partition coefficient (Wildman–Crippen LogP) is 3.91. The Morgan fingerprint density at radius 3 is 2.64 bits per heavy atom. The molecule has 0 bridgehead atoms. The lowest BCUT2D eigenvalue weighted by Crippen LogP contribution is -2.31. The highest BCUT2D eigenvalue weighted by atomic mass is 127. The zero-order valence-corrected chi connectivity index (χ0v) is 17.1. The van der Waals surface area contributed by atoms with Gasteiger partial charge in [0.2, 0.25) is 0 Å². The number of carbonyl (C=O) groups excluding carboxylic acids is 2. The van der Waals surface area contributed by atoms with E-state index < -0.39 is 0 Å². The molecule has 1 aromatic rings. The summed E-state index contributed by atoms with van der Waals surface area (Å²) in [4.78, 5) is 30.2. The largest absolute Gasteiger partial charge is 0.462 e. The van der Waals surface area contributed by atoms with Gasteiger partial charge in [0.15, 0.2) is 5.78 Å². The van der Waals surface area contributed by atoms with E-state index in [9.17, 15) is 9.59 Å². The molecule has 0 atom stereocenters. The van der Waals surface area contributed by atoms with Crippen molar-refractivity contribution in [1.29, 1.82) is 0 Å². The molecule has 1 aromatic heterocycles. The van der Waals surface area contributed by atoms with E-state index in [-0.39, 0.29) is 23.1 Å². The maximum absolute atomic E-state index is 12.7. The van der Waals surface area contributed by atoms with Gasteiger partial charge < -0.3 is 9.47 Å². The van der Waals surface area contributed by atoms with Crippen molar-refractivity contribution in [3.8, 4) is 0 Å². The van der Waals surface area contributed by atoms with Crippen molar-refractivity contribution in [2.24, 2.45) is 5.41 Å². The molecule has 0 amide bonds. The van der Waals surface area contributed by atoms with Crippen molar-refractivity contribution in [3.63, 3.8) is 0 Å². The minimum Gasteiger partial charge on any atom is -0.462 e. The van der Waals surface area contributed by atoms with E-state index in [0.717, 1.165) is 30.7 Å². The van der Waals surface area contributed by atoms with Crippen LogP contribution >= 0.6 is 22.6 Å². The number of aromatic nitrogens is 1. The number of ketones is 1. The van der Waals surface area contributed by atoms with Crippen LogP contribution in [0.25, 0.3) is 0 Å². The van der Waals surface area contributed by atoms with Gasteiger partial charge in [-0.2, -0.15) is 0 Å². The van der Waals surface area contributed by atoms with E-state index in [1.165, 1.54) is 0 Å². The molecule has 0 spiro atoms. The molecule has 1 aliphatic carbocycles. The molecule has 2 aliphatic rings. The van der Waals surface area contributed by atoms with Crippen molar-refractivity contribution < 1.29 is 19.1 Å². The number of carbonyl (C=O) groups is 2. The van der Waals surface area contributed by atoms with Gasteiger partial charge in [0.1, 0.15) is 0 Å². The van der Waals surface area contributed by atoms with Gasteiger partial charge in [0.25, 0.3) is 0 Å². The zero-order valence-electron chi connectivity index (χ0n) is 15.0. The maximum atomic E-state index is 12.7. The van der Waals surface area contributed by atoms with Crippen LogP contribution in [0.5, 0.6) is 0 Å². The molecule has 1 fully saturated rings. The third-order valence-corrected chi connectivity index (χ3v) is 5.97. The minimum absolute atomic E-state index is 0.0761. The summed E-state index contributed by atoms with van der Waals surface area (Å²) in [6.45, 7) is 7.63. The van der Waals surface area contributed by atoms with Crippen LogP contribution in [0.1, 0.15) is 78.1 Å². The summed E-state index contributed by atoms with van der Waals surface area (Å²) >= 11 is 2.13. The van der Waals surface area contributed by atoms with E-state index in [4.69, 9.17) is 14.5 Å². The fourth-order valence-corrected chi connectivity index (χ4v) is 4.84. The monoisotopic (exact) mass is 457 g/mol. The van der Waals surface area contributed by atoms with Gasteiger partial charge in [-0.1, -0.05) is 13.8 Å². The molecule has 0 unspecified atom stereocenters. The Kier molecular flexibility index (Phi) is 5.48. The standard InChI is InChI=1S/C19H24INO4/c1-4-25-18(23)15-16(20)14-12(9-19(2,3)10-13(14)22)21-17(15)11-5-7-24-8-6-11/h11H,4-10H2,1-3H3. The Bertz CT molecular complexity index is 708. The quantitative estimate of drug-likeness (QED) is 0.509. The highest BCUT2D eigenvalue weighted by Gasteiger charge is 2.37. The molecule has 1 aliphatic heterocycles. The molecule has 136 valence electrons. The number of Topliss-reactive ketones (excluding diaryl/α,β-unsaturated/α-hetero) is 1. The number of nitrogens with zero attached hydrogens (tertiary/aromatic N) is 1. The van der Waals surface area contributed by atoms with Gasteiger partial charge in [-0.15, -0.1) is 0 Å². The van der Waals surface area contributed by atoms with Crippen LogP contribution in [-0.4, -0.2) is 36.6 Å². The Labute approximate surface area is 162 Å². The van der Waals surface area contributed by atoms with Gasteiger partial charge in [-0.3, -0.25) is 9.78 Å². The number of fused-ring (bicyclic) bond motifs is 1. The Morgan fingerprint density at radius 1 is 1.32 bits per heavy atom. The third-order valence-electron chi connectivity index (χ3n) is 4.89. The fraction of sp³-hybridized carbons (Fsp3) is 0.632. The first kappa shape index (κ1) is 18.8. The number of esters is 1. The summed E-state index contributed by atoms with van der Waals surface area (Å²) in [5.41, 5.74) is 2.63. The van der Waals surface area contributed by atoms with Crippen LogP contribution in [0.4, 0.5) is 0 Å². The molecule has 1 saturated heterocycles. The second-order valence-corrected chi connectivity index (χ2v) is 8.63. The van der Waals surface area contributed by atoms with E-state index in [1.54, 1.807) is 6.92 Å². The van der Waals surface area contributed by atoms with Crippen LogP contribution in [0.15, 0.2) is 0 Å². The number of pyridine rings is 1. The fourth-order valence-electron chi connectivity index (χ4n) is 3.74. The Hall–Kier alpha value is -1.02. The molecular formula is C19H24INO4. The average Bonchev–Trinajstić information content (AvgIpc) is 2.53. The first-order valence-electron chi connectivity index (χ1n) is 8.84. The second kappa shape index (κ2) is 7.31. The lowest BCUT2D eigenvalue weighted by molar-refractivity contribution is 0.0516. The summed E-state index contributed by atoms with van der Waals surface area (Å²) < 4.78 is 11.5. The summed E-state index contributed by atoms with van der Waals surface area (Å²) in [7, 11) is 0. The van der Waals surface area contributed by atoms with Crippen LogP contribution in [-0.2, 0) is 15.9 Å². The lowest BCUT2D eigenvalue weighted by atomic mass is 9.75. The van der Waals surface area contributed by atoms with Crippen LogP contribution in [0.2, 0.25) is 0 Å². The topological polar surface area (TPSA) is 65.5 Å². The normalized spacial score (nSPS) is 20.2. The molecule has 0 saturated carbocycles. The molecule has 3 rings (SSSR count). The van der Waals surface area contributed by atoms with Crippen LogP contribution in [0.3, 0.4) is 0 Å². The highest BCUT2D eigenvalue weighted by molar-refractivity contribution is 14.1. The van der Waals surface area contributed by atoms with Crippen LogP contribution < -0.4 is 0 Å². The van der Waals surface area contributed by atoms with Gasteiger partial charge >= 0.3 is 5.97 Å². The first-order chi connectivity index (χ1) is 11.8. The van der Waals surface area contributed by atoms with Crippen molar-refractivity contribution in [1.82, 2.24) is 4.98 Å². The summed E-state index contributed by atoms with van der Waals surface area (Å²) in [5, 5.41) is 0. The van der Waals surface area contributed by atoms with Gasteiger partial charge in [0, 0.05) is 29.1 Å². The van der Waals surface area contributed by atoms with Crippen molar-refractivity contribution in [3.05, 3.63) is 26.1 Å². The van der Waals surface area contributed by atoms with E-state index >= 15 is 0 Å². The Morgan fingerprint density at radius 2 is 2.00 bits per heavy atom. The first-order valence-corrected chi connectivity index (χ1v) is 9.92. The average molecular weight is 457 g/mol. The zero-order chi connectivity index (χ0) is 18.2. The van der Waals surface area contributed by atoms with Gasteiger partial charge in [0.05, 0.1) is 29.1 Å². The van der Waals surface area contributed by atoms with Gasteiger partial charge in [-0.25, -0.2) is 4.79 Å². The van der Waals surface area contributed by atoms with E-state index in [1.807, 2.05) is 0 Å². The van der Waals surface area contributed by atoms with Crippen molar-refractivity contribution in [2.45, 2.75) is 52.4 Å². The second-order valence-electron chi connectivity index (χ2n) is 7.56. The minimum atomic E-state index is -0.374. The molecular weight excluding hydrogens is 433 g/mol. The van der Waals surface area contributed by atoms with Crippen molar-refractivity contribution >= 4 is 34.3 Å². The summed E-state index contributed by atoms with van der Waals surface area (Å²) in [6.07, 6.45) is 2.91. The summed E-state index contributed by atoms with van der Waals surface area (Å²) in [5.74, 6) is -0.124. The molecule has 0 aromatic carbocycles. The molecule has 25 heavy (non-hydrogen) atoms. The number of rotatable bonds is 3. The van der Waals surface area contributed by atoms with Crippen molar-refractivity contribution in [2.75, 3.05) is 19.8 Å². The number of hydrogen-bond acceptors (Lipinski definition) is 5. The number of ether oxygens (including phenoxy) is 2. The number of hydrogen-bond donors (Lipinski definition) is 0. The van der Waals surface area contributed by atoms with E-state index in [2.05, 4.69) is 36.4 Å². The third kappa shape index (κ3) is 3.74. The number of halogens is 1. The Balaban J connectivity index is 2.16. The van der Waals surface area contributed by atoms with Crippen LogP contribution in [0, 0.1) is 8.99 Å². The maximum Gasteiger partial charge on any atom is 0.341 e. The SMILES string of the molecule is CCOC(=O)c1c(C2CCOCC2)nc2c(c1I)C(=O)CC(C)(C)C2. The molecule has 2 heterocycles. The smallest absolute Gasteiger partial charge is 0.341 e. The van der Waals surface area contributed by atoms with Gasteiger partial charge in [-0.05, 0) is 54.2 Å². The molecule has 0 N–H and O–H groups in total. The predicted molar refractivity (Wildman–Crippen MR) is 102 cm³/mol. The molecule has 6 heteroatoms. The molecule has 5 nitrogen and oxygen atoms in total. The summed E-state index contributed by atoms with van der Waals surface area (Å²) in [6, 6.07) is 0. The lowest BCUT2D eigenvalue weighted by Gasteiger charge is -2.32.